The lowest BCUT2D eigenvalue weighted by Gasteiger charge is -2.21. The van der Waals surface area contributed by atoms with E-state index in [9.17, 15) is 14.4 Å². The number of benzene rings is 1. The predicted octanol–water partition coefficient (Wildman–Crippen LogP) is 0.137. The van der Waals surface area contributed by atoms with Gasteiger partial charge in [0.25, 0.3) is 5.91 Å². The number of nitrogens with one attached hydrogen (secondary N) is 3. The Balaban J connectivity index is 1.57. The van der Waals surface area contributed by atoms with Gasteiger partial charge in [0.2, 0.25) is 5.75 Å². The van der Waals surface area contributed by atoms with Gasteiger partial charge in [-0.1, -0.05) is 0 Å². The van der Waals surface area contributed by atoms with Gasteiger partial charge in [0, 0.05) is 5.56 Å². The highest BCUT2D eigenvalue weighted by atomic mass is 16.6. The first-order valence-corrected chi connectivity index (χ1v) is 7.97. The fourth-order valence-electron chi connectivity index (χ4n) is 2.31. The molecule has 1 aliphatic rings. The van der Waals surface area contributed by atoms with E-state index in [0.717, 1.165) is 0 Å². The Bertz CT molecular complexity index is 831. The van der Waals surface area contributed by atoms with Crippen molar-refractivity contribution in [1.82, 2.24) is 16.2 Å². The quantitative estimate of drug-likeness (QED) is 0.512. The second-order valence-corrected chi connectivity index (χ2v) is 5.37. The molecule has 3 amide bonds. The molecule has 1 aromatic carbocycles. The molecule has 10 heteroatoms. The summed E-state index contributed by atoms with van der Waals surface area (Å²) >= 11 is 0. The van der Waals surface area contributed by atoms with Crippen LogP contribution in [0.1, 0.15) is 16.1 Å². The van der Waals surface area contributed by atoms with Gasteiger partial charge in [-0.05, 0) is 24.3 Å². The minimum Gasteiger partial charge on any atom is -0.493 e. The Hall–Kier alpha value is -3.69. The van der Waals surface area contributed by atoms with Gasteiger partial charge in [0.1, 0.15) is 19.0 Å². The first-order chi connectivity index (χ1) is 13.1. The largest absolute Gasteiger partial charge is 0.493 e. The Kier molecular flexibility index (Phi) is 5.45. The van der Waals surface area contributed by atoms with Crippen LogP contribution in [0.3, 0.4) is 0 Å². The van der Waals surface area contributed by atoms with Crippen molar-refractivity contribution in [3.8, 4) is 17.2 Å². The zero-order valence-electron chi connectivity index (χ0n) is 14.4. The van der Waals surface area contributed by atoms with Gasteiger partial charge in [-0.15, -0.1) is 0 Å². The number of carbonyl (C=O) groups excluding carboxylic acids is 3. The molecule has 2 heterocycles. The average molecular weight is 375 g/mol. The van der Waals surface area contributed by atoms with Crippen LogP contribution in [0, 0.1) is 0 Å². The first kappa shape index (κ1) is 18.1. The SMILES string of the molecule is COc1cc(C(=O)NNC(=O)C(=O)NCc2ccco2)cc2c1OCCO2. The molecular weight excluding hydrogens is 358 g/mol. The average Bonchev–Trinajstić information content (AvgIpc) is 3.22. The number of rotatable bonds is 4. The van der Waals surface area contributed by atoms with Crippen LogP contribution in [0.2, 0.25) is 0 Å². The van der Waals surface area contributed by atoms with Crippen molar-refractivity contribution in [2.75, 3.05) is 20.3 Å². The molecule has 0 bridgehead atoms. The highest BCUT2D eigenvalue weighted by molar-refractivity contribution is 6.35. The third-order valence-corrected chi connectivity index (χ3v) is 3.59. The van der Waals surface area contributed by atoms with E-state index in [-0.39, 0.29) is 12.1 Å². The number of carbonyl (C=O) groups is 3. The summed E-state index contributed by atoms with van der Waals surface area (Å²) < 4.78 is 21.1. The third-order valence-electron chi connectivity index (χ3n) is 3.59. The van der Waals surface area contributed by atoms with Gasteiger partial charge < -0.3 is 23.9 Å². The predicted molar refractivity (Wildman–Crippen MR) is 90.1 cm³/mol. The number of methoxy groups -OCH3 is 1. The number of hydrogen-bond acceptors (Lipinski definition) is 7. The molecule has 0 aliphatic carbocycles. The smallest absolute Gasteiger partial charge is 0.327 e. The van der Waals surface area contributed by atoms with E-state index in [1.54, 1.807) is 12.1 Å². The first-order valence-electron chi connectivity index (χ1n) is 7.97. The molecule has 0 fully saturated rings. The molecule has 1 aliphatic heterocycles. The minimum absolute atomic E-state index is 0.0482. The maximum Gasteiger partial charge on any atom is 0.327 e. The molecular formula is C17H17N3O7. The molecule has 10 nitrogen and oxygen atoms in total. The van der Waals surface area contributed by atoms with E-state index in [0.29, 0.717) is 36.2 Å². The van der Waals surface area contributed by atoms with Crippen LogP contribution in [-0.4, -0.2) is 38.0 Å². The van der Waals surface area contributed by atoms with Crippen molar-refractivity contribution in [3.63, 3.8) is 0 Å². The number of ether oxygens (including phenoxy) is 3. The van der Waals surface area contributed by atoms with Gasteiger partial charge in [-0.2, -0.15) is 0 Å². The van der Waals surface area contributed by atoms with Gasteiger partial charge in [-0.3, -0.25) is 25.2 Å². The summed E-state index contributed by atoms with van der Waals surface area (Å²) in [5.74, 6) is -1.04. The van der Waals surface area contributed by atoms with Crippen molar-refractivity contribution in [2.45, 2.75) is 6.54 Å². The van der Waals surface area contributed by atoms with Crippen LogP contribution >= 0.6 is 0 Å². The van der Waals surface area contributed by atoms with E-state index in [4.69, 9.17) is 18.6 Å². The standard InChI is InChI=1S/C17H17N3O7/c1-24-12-7-10(8-13-14(12)27-6-5-26-13)15(21)19-20-17(23)16(22)18-9-11-3-2-4-25-11/h2-4,7-8H,5-6,9H2,1H3,(H,18,22)(H,19,21)(H,20,23). The van der Waals surface area contributed by atoms with Crippen molar-refractivity contribution in [3.05, 3.63) is 41.9 Å². The molecule has 27 heavy (non-hydrogen) atoms. The molecule has 0 saturated heterocycles. The van der Waals surface area contributed by atoms with Crippen LogP contribution in [0.25, 0.3) is 0 Å². The molecule has 3 N–H and O–H groups in total. The third kappa shape index (κ3) is 4.29. The molecule has 0 unspecified atom stereocenters. The molecule has 3 rings (SSSR count). The Morgan fingerprint density at radius 3 is 2.67 bits per heavy atom. The normalized spacial score (nSPS) is 12.0. The van der Waals surface area contributed by atoms with Gasteiger partial charge in [0.15, 0.2) is 11.5 Å². The van der Waals surface area contributed by atoms with E-state index >= 15 is 0 Å². The maximum atomic E-state index is 12.2. The van der Waals surface area contributed by atoms with Crippen LogP contribution in [-0.2, 0) is 16.1 Å². The summed E-state index contributed by atoms with van der Waals surface area (Å²) in [6.45, 7) is 0.762. The van der Waals surface area contributed by atoms with E-state index < -0.39 is 17.7 Å². The highest BCUT2D eigenvalue weighted by Crippen LogP contribution is 2.40. The lowest BCUT2D eigenvalue weighted by atomic mass is 10.1. The van der Waals surface area contributed by atoms with Gasteiger partial charge >= 0.3 is 11.8 Å². The second kappa shape index (κ2) is 8.13. The second-order valence-electron chi connectivity index (χ2n) is 5.37. The zero-order valence-corrected chi connectivity index (χ0v) is 14.4. The number of amides is 3. The number of hydrogen-bond donors (Lipinski definition) is 3. The number of hydrazine groups is 1. The Labute approximate surface area is 153 Å². The zero-order chi connectivity index (χ0) is 19.2. The van der Waals surface area contributed by atoms with Crippen molar-refractivity contribution in [1.29, 1.82) is 0 Å². The number of fused-ring (bicyclic) bond motifs is 1. The van der Waals surface area contributed by atoms with Crippen molar-refractivity contribution >= 4 is 17.7 Å². The van der Waals surface area contributed by atoms with Crippen LogP contribution in [0.5, 0.6) is 17.2 Å². The highest BCUT2D eigenvalue weighted by Gasteiger charge is 2.21. The molecule has 0 radical (unpaired) electrons. The summed E-state index contributed by atoms with van der Waals surface area (Å²) in [6.07, 6.45) is 1.45. The fraction of sp³-hybridized carbons (Fsp3) is 0.235. The molecule has 142 valence electrons. The van der Waals surface area contributed by atoms with E-state index in [2.05, 4.69) is 10.7 Å². The summed E-state index contributed by atoms with van der Waals surface area (Å²) in [5.41, 5.74) is 4.35. The van der Waals surface area contributed by atoms with Crippen LogP contribution in [0.15, 0.2) is 34.9 Å². The molecule has 0 saturated carbocycles. The van der Waals surface area contributed by atoms with Crippen molar-refractivity contribution in [2.24, 2.45) is 0 Å². The molecule has 0 spiro atoms. The molecule has 2 aromatic rings. The summed E-state index contributed by atoms with van der Waals surface area (Å²) in [6, 6.07) is 6.19. The topological polar surface area (TPSA) is 128 Å². The summed E-state index contributed by atoms with van der Waals surface area (Å²) in [7, 11) is 1.43. The lowest BCUT2D eigenvalue weighted by Crippen LogP contribution is -2.48. The van der Waals surface area contributed by atoms with E-state index in [1.165, 1.54) is 25.5 Å². The Morgan fingerprint density at radius 1 is 1.11 bits per heavy atom. The van der Waals surface area contributed by atoms with Crippen LogP contribution < -0.4 is 30.4 Å². The summed E-state index contributed by atoms with van der Waals surface area (Å²) in [4.78, 5) is 35.7. The maximum absolute atomic E-state index is 12.2. The van der Waals surface area contributed by atoms with Crippen LogP contribution in [0.4, 0.5) is 0 Å². The van der Waals surface area contributed by atoms with Crippen molar-refractivity contribution < 1.29 is 33.0 Å². The fourth-order valence-corrected chi connectivity index (χ4v) is 2.31. The summed E-state index contributed by atoms with van der Waals surface area (Å²) in [5, 5.41) is 2.35. The van der Waals surface area contributed by atoms with Gasteiger partial charge in [0.05, 0.1) is 19.9 Å². The molecule has 0 atom stereocenters. The molecule has 1 aromatic heterocycles. The number of furan rings is 1. The Morgan fingerprint density at radius 2 is 1.93 bits per heavy atom. The van der Waals surface area contributed by atoms with Gasteiger partial charge in [-0.25, -0.2) is 0 Å². The lowest BCUT2D eigenvalue weighted by molar-refractivity contribution is -0.139. The minimum atomic E-state index is -1.03. The monoisotopic (exact) mass is 375 g/mol. The van der Waals surface area contributed by atoms with E-state index in [1.807, 2.05) is 5.43 Å².